The normalized spacial score (nSPS) is 41.8. The topological polar surface area (TPSA) is 43.4 Å². The summed E-state index contributed by atoms with van der Waals surface area (Å²) in [7, 11) is 0. The molecule has 3 nitrogen and oxygen atoms in total. The molecule has 2 aliphatic carbocycles. The Morgan fingerprint density at radius 3 is 2.56 bits per heavy atom. The second-order valence-corrected chi connectivity index (χ2v) is 7.02. The predicted molar refractivity (Wildman–Crippen MR) is 66.8 cm³/mol. The first-order chi connectivity index (χ1) is 8.27. The monoisotopic (exact) mass is 248 g/mol. The lowest BCUT2D eigenvalue weighted by Gasteiger charge is -2.38. The van der Waals surface area contributed by atoms with Crippen LogP contribution in [0.3, 0.4) is 0 Å². The number of ether oxygens (including phenoxy) is 1. The quantitative estimate of drug-likeness (QED) is 0.619. The molecule has 0 radical (unpaired) electrons. The third-order valence-corrected chi connectivity index (χ3v) is 5.27. The number of carbonyl (C=O) groups is 2. The van der Waals surface area contributed by atoms with Gasteiger partial charge in [-0.25, -0.2) is 4.79 Å². The van der Waals surface area contributed by atoms with Crippen LogP contribution in [0, 0.1) is 22.7 Å². The van der Waals surface area contributed by atoms with Crippen LogP contribution in [0.15, 0.2) is 11.1 Å². The van der Waals surface area contributed by atoms with Gasteiger partial charge in [-0.2, -0.15) is 0 Å². The van der Waals surface area contributed by atoms with E-state index in [1.54, 1.807) is 0 Å². The molecule has 2 fully saturated rings. The van der Waals surface area contributed by atoms with E-state index in [1.807, 2.05) is 20.8 Å². The SMILES string of the molecule is CC1=C2C(=O)OC[C@]2(C)[C@H]2CC(C)(C)C(=O)[C@@H]2C1. The minimum Gasteiger partial charge on any atom is -0.461 e. The van der Waals surface area contributed by atoms with Gasteiger partial charge in [-0.05, 0) is 25.7 Å². The Balaban J connectivity index is 2.11. The minimum atomic E-state index is -0.250. The number of fused-ring (bicyclic) bond motifs is 3. The van der Waals surface area contributed by atoms with Crippen LogP contribution in [0.2, 0.25) is 0 Å². The highest BCUT2D eigenvalue weighted by molar-refractivity contribution is 5.96. The summed E-state index contributed by atoms with van der Waals surface area (Å²) >= 11 is 0. The van der Waals surface area contributed by atoms with Crippen molar-refractivity contribution in [3.8, 4) is 0 Å². The number of ketones is 1. The molecule has 1 heterocycles. The highest BCUT2D eigenvalue weighted by atomic mass is 16.5. The molecule has 3 heteroatoms. The maximum Gasteiger partial charge on any atom is 0.334 e. The second-order valence-electron chi connectivity index (χ2n) is 7.02. The average molecular weight is 248 g/mol. The van der Waals surface area contributed by atoms with Crippen LogP contribution < -0.4 is 0 Å². The maximum atomic E-state index is 12.5. The fraction of sp³-hybridized carbons (Fsp3) is 0.733. The number of hydrogen-bond acceptors (Lipinski definition) is 3. The predicted octanol–water partition coefficient (Wildman–Crippen LogP) is 2.50. The zero-order valence-electron chi connectivity index (χ0n) is 11.5. The zero-order chi connectivity index (χ0) is 13.3. The summed E-state index contributed by atoms with van der Waals surface area (Å²) < 4.78 is 5.28. The number of cyclic esters (lactones) is 1. The highest BCUT2D eigenvalue weighted by Crippen LogP contribution is 2.59. The lowest BCUT2D eigenvalue weighted by atomic mass is 9.62. The maximum absolute atomic E-state index is 12.5. The summed E-state index contributed by atoms with van der Waals surface area (Å²) in [5.41, 5.74) is 1.43. The Hall–Kier alpha value is -1.12. The number of Topliss-reactive ketones (excluding diaryl/α,β-unsaturated/α-hetero) is 1. The van der Waals surface area contributed by atoms with E-state index < -0.39 is 0 Å². The van der Waals surface area contributed by atoms with Crippen LogP contribution in [-0.2, 0) is 14.3 Å². The highest BCUT2D eigenvalue weighted by Gasteiger charge is 2.60. The van der Waals surface area contributed by atoms with Gasteiger partial charge < -0.3 is 4.74 Å². The van der Waals surface area contributed by atoms with Crippen molar-refractivity contribution in [2.45, 2.75) is 40.5 Å². The molecule has 0 amide bonds. The van der Waals surface area contributed by atoms with Gasteiger partial charge >= 0.3 is 5.97 Å². The van der Waals surface area contributed by atoms with Gasteiger partial charge in [0.2, 0.25) is 0 Å². The van der Waals surface area contributed by atoms with E-state index in [2.05, 4.69) is 6.92 Å². The number of allylic oxidation sites excluding steroid dienone is 1. The molecule has 1 saturated carbocycles. The van der Waals surface area contributed by atoms with Gasteiger partial charge in [-0.1, -0.05) is 26.3 Å². The molecule has 1 aliphatic heterocycles. The van der Waals surface area contributed by atoms with E-state index in [0.29, 0.717) is 12.4 Å². The molecule has 1 saturated heterocycles. The molecular formula is C15H20O3. The first-order valence-electron chi connectivity index (χ1n) is 6.69. The van der Waals surface area contributed by atoms with Gasteiger partial charge in [0.05, 0.1) is 0 Å². The van der Waals surface area contributed by atoms with Crippen molar-refractivity contribution in [3.05, 3.63) is 11.1 Å². The Bertz CT molecular complexity index is 486. The van der Waals surface area contributed by atoms with Crippen LogP contribution in [0.5, 0.6) is 0 Å². The molecule has 3 atom stereocenters. The Kier molecular flexibility index (Phi) is 2.16. The van der Waals surface area contributed by atoms with Crippen molar-refractivity contribution in [1.82, 2.24) is 0 Å². The summed E-state index contributed by atoms with van der Waals surface area (Å²) in [4.78, 5) is 24.4. The Labute approximate surface area is 108 Å². The minimum absolute atomic E-state index is 0.0863. The molecule has 0 spiro atoms. The van der Waals surface area contributed by atoms with Crippen LogP contribution in [-0.4, -0.2) is 18.4 Å². The summed E-state index contributed by atoms with van der Waals surface area (Å²) in [6.45, 7) is 8.59. The molecular weight excluding hydrogens is 228 g/mol. The van der Waals surface area contributed by atoms with Crippen molar-refractivity contribution in [1.29, 1.82) is 0 Å². The van der Waals surface area contributed by atoms with E-state index in [1.165, 1.54) is 0 Å². The third-order valence-electron chi connectivity index (χ3n) is 5.27. The molecule has 3 aliphatic rings. The molecule has 3 rings (SSSR count). The van der Waals surface area contributed by atoms with E-state index in [4.69, 9.17) is 4.74 Å². The van der Waals surface area contributed by atoms with Crippen molar-refractivity contribution in [2.75, 3.05) is 6.61 Å². The van der Waals surface area contributed by atoms with Gasteiger partial charge in [0, 0.05) is 22.3 Å². The van der Waals surface area contributed by atoms with Gasteiger partial charge in [0.1, 0.15) is 12.4 Å². The summed E-state index contributed by atoms with van der Waals surface area (Å²) in [5, 5.41) is 0. The first kappa shape index (κ1) is 11.9. The molecule has 0 N–H and O–H groups in total. The van der Waals surface area contributed by atoms with Crippen molar-refractivity contribution < 1.29 is 14.3 Å². The van der Waals surface area contributed by atoms with E-state index in [-0.39, 0.29) is 28.6 Å². The van der Waals surface area contributed by atoms with E-state index >= 15 is 0 Å². The Morgan fingerprint density at radius 1 is 1.22 bits per heavy atom. The number of rotatable bonds is 0. The second kappa shape index (κ2) is 3.25. The molecule has 18 heavy (non-hydrogen) atoms. The fourth-order valence-electron chi connectivity index (χ4n) is 4.36. The lowest BCUT2D eigenvalue weighted by molar-refractivity contribution is -0.135. The average Bonchev–Trinajstić information content (AvgIpc) is 2.69. The van der Waals surface area contributed by atoms with E-state index in [0.717, 1.165) is 24.0 Å². The molecule has 98 valence electrons. The molecule has 0 aromatic carbocycles. The van der Waals surface area contributed by atoms with Crippen molar-refractivity contribution >= 4 is 11.8 Å². The number of carbonyl (C=O) groups excluding carboxylic acids is 2. The van der Waals surface area contributed by atoms with Crippen molar-refractivity contribution in [3.63, 3.8) is 0 Å². The van der Waals surface area contributed by atoms with E-state index in [9.17, 15) is 9.59 Å². The van der Waals surface area contributed by atoms with Crippen LogP contribution in [0.25, 0.3) is 0 Å². The van der Waals surface area contributed by atoms with Crippen molar-refractivity contribution in [2.24, 2.45) is 22.7 Å². The summed E-state index contributed by atoms with van der Waals surface area (Å²) in [5.74, 6) is 0.561. The smallest absolute Gasteiger partial charge is 0.334 e. The Morgan fingerprint density at radius 2 is 1.89 bits per heavy atom. The van der Waals surface area contributed by atoms with Gasteiger partial charge in [-0.3, -0.25) is 4.79 Å². The standard InChI is InChI=1S/C15H20O3/c1-8-5-9-10(6-14(2,3)12(9)16)15(4)7-18-13(17)11(8)15/h9-10H,5-7H2,1-4H3/t9-,10+,15-/m1/s1. The van der Waals surface area contributed by atoms with Gasteiger partial charge in [0.25, 0.3) is 0 Å². The fourth-order valence-corrected chi connectivity index (χ4v) is 4.36. The van der Waals surface area contributed by atoms with Crippen LogP contribution >= 0.6 is 0 Å². The third kappa shape index (κ3) is 1.25. The van der Waals surface area contributed by atoms with Gasteiger partial charge in [0.15, 0.2) is 0 Å². The molecule has 0 bridgehead atoms. The summed E-state index contributed by atoms with van der Waals surface area (Å²) in [6.07, 6.45) is 1.62. The summed E-state index contributed by atoms with van der Waals surface area (Å²) in [6, 6.07) is 0. The first-order valence-corrected chi connectivity index (χ1v) is 6.69. The lowest BCUT2D eigenvalue weighted by Crippen LogP contribution is -2.38. The van der Waals surface area contributed by atoms with Gasteiger partial charge in [-0.15, -0.1) is 0 Å². The number of esters is 1. The molecule has 0 aromatic rings. The number of hydrogen-bond donors (Lipinski definition) is 0. The van der Waals surface area contributed by atoms with Crippen LogP contribution in [0.1, 0.15) is 40.5 Å². The largest absolute Gasteiger partial charge is 0.461 e. The molecule has 0 aromatic heterocycles. The zero-order valence-corrected chi connectivity index (χ0v) is 11.5. The van der Waals surface area contributed by atoms with Crippen LogP contribution in [0.4, 0.5) is 0 Å². The molecule has 0 unspecified atom stereocenters.